The van der Waals surface area contributed by atoms with E-state index in [-0.39, 0.29) is 0 Å². The number of rotatable bonds is 2. The van der Waals surface area contributed by atoms with Crippen LogP contribution in [0.2, 0.25) is 5.02 Å². The Balaban J connectivity index is 1.86. The first-order valence-electron chi connectivity index (χ1n) is 8.87. The lowest BCUT2D eigenvalue weighted by Gasteiger charge is -2.19. The third kappa shape index (κ3) is 2.42. The minimum Gasteiger partial charge on any atom is -0.342 e. The Hall–Kier alpha value is -2.66. The van der Waals surface area contributed by atoms with Crippen LogP contribution in [0.4, 0.5) is 5.95 Å². The van der Waals surface area contributed by atoms with Crippen LogP contribution in [0.1, 0.15) is 18.4 Å². The molecule has 130 valence electrons. The van der Waals surface area contributed by atoms with Gasteiger partial charge in [0.1, 0.15) is 0 Å². The van der Waals surface area contributed by atoms with Gasteiger partial charge in [0.25, 0.3) is 0 Å². The van der Waals surface area contributed by atoms with Gasteiger partial charge >= 0.3 is 0 Å². The van der Waals surface area contributed by atoms with Gasteiger partial charge in [-0.15, -0.1) is 10.2 Å². The molecule has 6 heteroatoms. The Kier molecular flexibility index (Phi) is 3.57. The van der Waals surface area contributed by atoms with E-state index in [0.29, 0.717) is 5.02 Å². The fourth-order valence-corrected chi connectivity index (χ4v) is 3.86. The molecule has 1 aliphatic heterocycles. The van der Waals surface area contributed by atoms with Crippen molar-refractivity contribution >= 4 is 34.1 Å². The van der Waals surface area contributed by atoms with Gasteiger partial charge in [-0.1, -0.05) is 35.4 Å². The summed E-state index contributed by atoms with van der Waals surface area (Å²) >= 11 is 6.20. The van der Waals surface area contributed by atoms with Crippen molar-refractivity contribution in [3.63, 3.8) is 0 Å². The van der Waals surface area contributed by atoms with E-state index in [9.17, 15) is 0 Å². The highest BCUT2D eigenvalue weighted by atomic mass is 35.5. The van der Waals surface area contributed by atoms with E-state index in [1.165, 1.54) is 18.4 Å². The van der Waals surface area contributed by atoms with Gasteiger partial charge in [-0.05, 0) is 44.0 Å². The molecule has 0 spiro atoms. The zero-order valence-corrected chi connectivity index (χ0v) is 15.2. The Morgan fingerprint density at radius 1 is 1.00 bits per heavy atom. The number of nitrogens with zero attached hydrogens (tertiary/aromatic N) is 5. The Morgan fingerprint density at radius 2 is 1.85 bits per heavy atom. The number of hydrogen-bond donors (Lipinski definition) is 0. The van der Waals surface area contributed by atoms with Crippen LogP contribution in [0.5, 0.6) is 0 Å². The van der Waals surface area contributed by atoms with Gasteiger partial charge in [-0.25, -0.2) is 9.38 Å². The lowest BCUT2D eigenvalue weighted by atomic mass is 10.1. The SMILES string of the molecule is Cc1cccc(-c2nnc3c4ccc(Cl)cc4nc(N4CCCC4)n23)c1. The molecule has 26 heavy (non-hydrogen) atoms. The first-order valence-corrected chi connectivity index (χ1v) is 9.25. The molecule has 5 rings (SSSR count). The van der Waals surface area contributed by atoms with Gasteiger partial charge in [-0.2, -0.15) is 0 Å². The Morgan fingerprint density at radius 3 is 2.65 bits per heavy atom. The minimum atomic E-state index is 0.681. The highest BCUT2D eigenvalue weighted by Gasteiger charge is 2.22. The van der Waals surface area contributed by atoms with Crippen molar-refractivity contribution in [2.24, 2.45) is 0 Å². The predicted molar refractivity (Wildman–Crippen MR) is 105 cm³/mol. The molecule has 2 aromatic carbocycles. The van der Waals surface area contributed by atoms with Crippen LogP contribution in [0.3, 0.4) is 0 Å². The maximum Gasteiger partial charge on any atom is 0.213 e. The second-order valence-electron chi connectivity index (χ2n) is 6.82. The summed E-state index contributed by atoms with van der Waals surface area (Å²) < 4.78 is 2.09. The summed E-state index contributed by atoms with van der Waals surface area (Å²) in [6.45, 7) is 4.09. The molecule has 5 nitrogen and oxygen atoms in total. The van der Waals surface area contributed by atoms with E-state index < -0.39 is 0 Å². The lowest BCUT2D eigenvalue weighted by molar-refractivity contribution is 0.886. The second-order valence-corrected chi connectivity index (χ2v) is 7.26. The number of aryl methyl sites for hydroxylation is 1. The van der Waals surface area contributed by atoms with Crippen molar-refractivity contribution in [2.45, 2.75) is 19.8 Å². The molecule has 1 saturated heterocycles. The van der Waals surface area contributed by atoms with Crippen molar-refractivity contribution in [1.82, 2.24) is 19.6 Å². The third-order valence-corrected chi connectivity index (χ3v) is 5.18. The first-order chi connectivity index (χ1) is 12.7. The number of aromatic nitrogens is 4. The molecule has 3 heterocycles. The summed E-state index contributed by atoms with van der Waals surface area (Å²) in [7, 11) is 0. The van der Waals surface area contributed by atoms with E-state index >= 15 is 0 Å². The van der Waals surface area contributed by atoms with Crippen LogP contribution in [-0.2, 0) is 0 Å². The third-order valence-electron chi connectivity index (χ3n) is 4.95. The summed E-state index contributed by atoms with van der Waals surface area (Å²) in [5, 5.41) is 10.7. The molecular formula is C20H18ClN5. The van der Waals surface area contributed by atoms with Gasteiger partial charge in [0, 0.05) is 29.1 Å². The topological polar surface area (TPSA) is 46.3 Å². The lowest BCUT2D eigenvalue weighted by Crippen LogP contribution is -2.22. The van der Waals surface area contributed by atoms with Crippen molar-refractivity contribution in [3.8, 4) is 11.4 Å². The van der Waals surface area contributed by atoms with Crippen molar-refractivity contribution in [3.05, 3.63) is 53.1 Å². The zero-order chi connectivity index (χ0) is 17.7. The van der Waals surface area contributed by atoms with Crippen molar-refractivity contribution in [2.75, 3.05) is 18.0 Å². The fraction of sp³-hybridized carbons (Fsp3) is 0.250. The summed E-state index contributed by atoms with van der Waals surface area (Å²) in [5.74, 6) is 1.73. The van der Waals surface area contributed by atoms with E-state index in [4.69, 9.17) is 16.6 Å². The van der Waals surface area contributed by atoms with Gasteiger partial charge in [0.2, 0.25) is 5.95 Å². The minimum absolute atomic E-state index is 0.681. The first kappa shape index (κ1) is 15.6. The van der Waals surface area contributed by atoms with Gasteiger partial charge in [0.15, 0.2) is 11.5 Å². The van der Waals surface area contributed by atoms with E-state index in [1.807, 2.05) is 18.2 Å². The quantitative estimate of drug-likeness (QED) is 0.525. The molecule has 0 aliphatic carbocycles. The number of anilines is 1. The Bertz CT molecular complexity index is 1130. The number of fused-ring (bicyclic) bond motifs is 3. The fourth-order valence-electron chi connectivity index (χ4n) is 3.69. The van der Waals surface area contributed by atoms with E-state index in [2.05, 4.69) is 50.7 Å². The maximum atomic E-state index is 6.20. The standard InChI is InChI=1S/C20H18ClN5/c1-13-5-4-6-14(11-13)18-23-24-19-16-8-7-15(21)12-17(16)22-20(26(18)19)25-9-2-3-10-25/h4-8,11-12H,2-3,9-10H2,1H3. The largest absolute Gasteiger partial charge is 0.342 e. The Labute approximate surface area is 156 Å². The number of halogens is 1. The van der Waals surface area contributed by atoms with E-state index in [0.717, 1.165) is 47.0 Å². The molecule has 0 amide bonds. The smallest absolute Gasteiger partial charge is 0.213 e. The monoisotopic (exact) mass is 363 g/mol. The molecule has 0 N–H and O–H groups in total. The predicted octanol–water partition coefficient (Wildman–Crippen LogP) is 4.51. The molecular weight excluding hydrogens is 346 g/mol. The van der Waals surface area contributed by atoms with Crippen LogP contribution >= 0.6 is 11.6 Å². The van der Waals surface area contributed by atoms with Crippen LogP contribution in [0.25, 0.3) is 27.9 Å². The van der Waals surface area contributed by atoms with Crippen molar-refractivity contribution in [1.29, 1.82) is 0 Å². The van der Waals surface area contributed by atoms with Gasteiger partial charge < -0.3 is 4.90 Å². The van der Waals surface area contributed by atoms with Crippen molar-refractivity contribution < 1.29 is 0 Å². The summed E-state index contributed by atoms with van der Waals surface area (Å²) in [4.78, 5) is 7.27. The van der Waals surface area contributed by atoms with Crippen LogP contribution < -0.4 is 4.90 Å². The van der Waals surface area contributed by atoms with Crippen LogP contribution in [0.15, 0.2) is 42.5 Å². The average molecular weight is 364 g/mol. The molecule has 0 bridgehead atoms. The van der Waals surface area contributed by atoms with Crippen LogP contribution in [-0.4, -0.2) is 32.7 Å². The summed E-state index contributed by atoms with van der Waals surface area (Å²) in [5.41, 5.74) is 3.93. The second kappa shape index (κ2) is 5.95. The molecule has 4 aromatic rings. The molecule has 1 aliphatic rings. The van der Waals surface area contributed by atoms with Gasteiger partial charge in [-0.3, -0.25) is 0 Å². The number of hydrogen-bond acceptors (Lipinski definition) is 4. The average Bonchev–Trinajstić information content (AvgIpc) is 3.31. The highest BCUT2D eigenvalue weighted by molar-refractivity contribution is 6.31. The molecule has 0 radical (unpaired) electrons. The molecule has 2 aromatic heterocycles. The van der Waals surface area contributed by atoms with E-state index in [1.54, 1.807) is 0 Å². The molecule has 0 atom stereocenters. The maximum absolute atomic E-state index is 6.20. The van der Waals surface area contributed by atoms with Gasteiger partial charge in [0.05, 0.1) is 5.52 Å². The van der Waals surface area contributed by atoms with Crippen LogP contribution in [0, 0.1) is 6.92 Å². The molecule has 0 saturated carbocycles. The molecule has 1 fully saturated rings. The normalized spacial score (nSPS) is 14.6. The zero-order valence-electron chi connectivity index (χ0n) is 14.5. The number of benzene rings is 2. The molecule has 0 unspecified atom stereocenters. The highest BCUT2D eigenvalue weighted by Crippen LogP contribution is 2.31. The summed E-state index contributed by atoms with van der Waals surface area (Å²) in [6, 6.07) is 14.1. The summed E-state index contributed by atoms with van der Waals surface area (Å²) in [6.07, 6.45) is 2.36.